The number of anilines is 1. The van der Waals surface area contributed by atoms with Gasteiger partial charge in [-0.1, -0.05) is 17.7 Å². The second-order valence-corrected chi connectivity index (χ2v) is 10.3. The molecule has 1 fully saturated rings. The molecule has 2 heterocycles. The van der Waals surface area contributed by atoms with Crippen LogP contribution in [0.5, 0.6) is 16.6 Å². The minimum absolute atomic E-state index is 0.0648. The first-order valence-electron chi connectivity index (χ1n) is 11.5. The Morgan fingerprint density at radius 1 is 1.20 bits per heavy atom. The summed E-state index contributed by atoms with van der Waals surface area (Å²) in [4.78, 5) is 15.5. The van der Waals surface area contributed by atoms with Crippen LogP contribution in [0.15, 0.2) is 54.6 Å². The average molecular weight is 517 g/mol. The summed E-state index contributed by atoms with van der Waals surface area (Å²) in [5, 5.41) is 14.5. The van der Waals surface area contributed by atoms with Gasteiger partial charge in [0.1, 0.15) is 30.3 Å². The third-order valence-electron chi connectivity index (χ3n) is 5.53. The Labute approximate surface area is 214 Å². The highest BCUT2D eigenvalue weighted by molar-refractivity contribution is 7.13. The first-order chi connectivity index (χ1) is 16.8. The predicted octanol–water partition coefficient (Wildman–Crippen LogP) is 5.52. The minimum Gasteiger partial charge on any atom is -0.489 e. The van der Waals surface area contributed by atoms with Gasteiger partial charge in [0.2, 0.25) is 0 Å². The number of nitrogens with zero attached hydrogens (tertiary/aromatic N) is 1. The second-order valence-electron chi connectivity index (χ2n) is 8.59. The highest BCUT2D eigenvalue weighted by Gasteiger charge is 2.26. The van der Waals surface area contributed by atoms with Gasteiger partial charge in [-0.25, -0.2) is 4.79 Å². The van der Waals surface area contributed by atoms with Crippen LogP contribution in [0.3, 0.4) is 0 Å². The molecule has 7 nitrogen and oxygen atoms in total. The smallest absolute Gasteiger partial charge is 0.418 e. The predicted molar refractivity (Wildman–Crippen MR) is 138 cm³/mol. The van der Waals surface area contributed by atoms with Crippen molar-refractivity contribution < 1.29 is 24.1 Å². The zero-order valence-corrected chi connectivity index (χ0v) is 21.3. The van der Waals surface area contributed by atoms with E-state index >= 15 is 0 Å². The Morgan fingerprint density at radius 3 is 2.74 bits per heavy atom. The van der Waals surface area contributed by atoms with Gasteiger partial charge in [-0.3, -0.25) is 10.2 Å². The van der Waals surface area contributed by atoms with Crippen molar-refractivity contribution in [1.82, 2.24) is 4.90 Å². The van der Waals surface area contributed by atoms with E-state index in [0.29, 0.717) is 28.1 Å². The number of nitrogens with one attached hydrogen (secondary N) is 1. The molecule has 4 rings (SSSR count). The molecule has 2 atom stereocenters. The number of hydrogen-bond acceptors (Lipinski definition) is 7. The number of aliphatic hydroxyl groups is 1. The highest BCUT2D eigenvalue weighted by Crippen LogP contribution is 2.28. The van der Waals surface area contributed by atoms with Crippen LogP contribution >= 0.6 is 22.9 Å². The molecule has 1 aromatic heterocycles. The molecule has 0 radical (unpaired) electrons. The lowest BCUT2D eigenvalue weighted by molar-refractivity contribution is 0.0722. The fraction of sp³-hybridized carbons (Fsp3) is 0.346. The molecule has 0 spiro atoms. The lowest BCUT2D eigenvalue weighted by atomic mass is 10.2. The molecule has 1 aliphatic heterocycles. The Bertz CT molecular complexity index is 1140. The number of benzene rings is 2. The molecule has 2 aromatic carbocycles. The topological polar surface area (TPSA) is 80.3 Å². The number of likely N-dealkylation sites (tertiary alicyclic amines) is 1. The molecular weight excluding hydrogens is 488 g/mol. The Hall–Kier alpha value is -2.78. The van der Waals surface area contributed by atoms with E-state index in [1.54, 1.807) is 12.1 Å². The molecule has 0 aliphatic carbocycles. The molecule has 9 heteroatoms. The van der Waals surface area contributed by atoms with Crippen molar-refractivity contribution in [1.29, 1.82) is 0 Å². The van der Waals surface area contributed by atoms with Gasteiger partial charge >= 0.3 is 6.09 Å². The zero-order valence-electron chi connectivity index (χ0n) is 19.7. The standard InChI is InChI=1S/C26H29ClN2O5S/c1-17-3-9-23(28-26(31)34-25-10-4-18(2)35-25)24(13-17)32-16-20(30)14-29-12-11-22(15-29)33-21-7-5-19(27)6-8-21/h3-10,13,20,22,30H,11-12,14-16H2,1-2H3,(H,28,31). The van der Waals surface area contributed by atoms with Crippen molar-refractivity contribution in [3.05, 3.63) is 70.1 Å². The summed E-state index contributed by atoms with van der Waals surface area (Å²) in [6.07, 6.45) is -0.341. The number of carbonyl (C=O) groups is 1. The van der Waals surface area contributed by atoms with Crippen LogP contribution < -0.4 is 19.5 Å². The summed E-state index contributed by atoms with van der Waals surface area (Å²) in [7, 11) is 0. The van der Waals surface area contributed by atoms with E-state index in [4.69, 9.17) is 25.8 Å². The van der Waals surface area contributed by atoms with Crippen LogP contribution in [0, 0.1) is 13.8 Å². The number of rotatable bonds is 9. The number of aryl methyl sites for hydroxylation is 2. The quantitative estimate of drug-likeness (QED) is 0.389. The molecule has 0 saturated carbocycles. The molecule has 1 aliphatic rings. The number of β-amino-alcohol motifs (C(OH)–C–C–N with tert-alkyl or cyclic N) is 1. The van der Waals surface area contributed by atoms with E-state index in [-0.39, 0.29) is 12.7 Å². The number of halogens is 1. The van der Waals surface area contributed by atoms with Gasteiger partial charge in [0, 0.05) is 29.5 Å². The Kier molecular flexibility index (Phi) is 8.51. The summed E-state index contributed by atoms with van der Waals surface area (Å²) in [6.45, 7) is 6.00. The van der Waals surface area contributed by atoms with Gasteiger partial charge in [-0.2, -0.15) is 0 Å². The zero-order chi connectivity index (χ0) is 24.8. The molecule has 2 unspecified atom stereocenters. The van der Waals surface area contributed by atoms with E-state index < -0.39 is 12.2 Å². The van der Waals surface area contributed by atoms with Gasteiger partial charge in [0.15, 0.2) is 5.06 Å². The maximum atomic E-state index is 12.3. The van der Waals surface area contributed by atoms with Gasteiger partial charge < -0.3 is 19.3 Å². The normalized spacial score (nSPS) is 16.6. The van der Waals surface area contributed by atoms with Gasteiger partial charge in [0.05, 0.1) is 5.69 Å². The largest absolute Gasteiger partial charge is 0.489 e. The van der Waals surface area contributed by atoms with Crippen molar-refractivity contribution in [3.63, 3.8) is 0 Å². The number of ether oxygens (including phenoxy) is 3. The van der Waals surface area contributed by atoms with Gasteiger partial charge in [-0.15, -0.1) is 11.3 Å². The van der Waals surface area contributed by atoms with Crippen LogP contribution in [0.25, 0.3) is 0 Å². The van der Waals surface area contributed by atoms with E-state index in [9.17, 15) is 9.90 Å². The minimum atomic E-state index is -0.696. The van der Waals surface area contributed by atoms with Crippen molar-refractivity contribution in [2.45, 2.75) is 32.5 Å². The second kappa shape index (κ2) is 11.8. The summed E-state index contributed by atoms with van der Waals surface area (Å²) in [5.74, 6) is 1.27. The number of amides is 1. The summed E-state index contributed by atoms with van der Waals surface area (Å²) >= 11 is 7.33. The third kappa shape index (κ3) is 7.60. The number of hydrogen-bond donors (Lipinski definition) is 2. The molecule has 1 saturated heterocycles. The van der Waals surface area contributed by atoms with Gasteiger partial charge in [0.25, 0.3) is 0 Å². The summed E-state index contributed by atoms with van der Waals surface area (Å²) < 4.78 is 17.2. The van der Waals surface area contributed by atoms with E-state index in [2.05, 4.69) is 10.2 Å². The highest BCUT2D eigenvalue weighted by atomic mass is 35.5. The van der Waals surface area contributed by atoms with Crippen molar-refractivity contribution in [3.8, 4) is 16.6 Å². The van der Waals surface area contributed by atoms with Crippen molar-refractivity contribution in [2.75, 3.05) is 31.6 Å². The molecule has 1 amide bonds. The fourth-order valence-electron chi connectivity index (χ4n) is 3.85. The lowest BCUT2D eigenvalue weighted by Crippen LogP contribution is -2.35. The van der Waals surface area contributed by atoms with E-state index in [1.165, 1.54) is 11.3 Å². The number of thiophene rings is 1. The first kappa shape index (κ1) is 25.3. The molecule has 186 valence electrons. The monoisotopic (exact) mass is 516 g/mol. The first-order valence-corrected chi connectivity index (χ1v) is 12.6. The van der Waals surface area contributed by atoms with Crippen molar-refractivity contribution in [2.24, 2.45) is 0 Å². The van der Waals surface area contributed by atoms with Crippen LogP contribution in [0.4, 0.5) is 10.5 Å². The van der Waals surface area contributed by atoms with E-state index in [0.717, 1.165) is 35.7 Å². The average Bonchev–Trinajstić information content (AvgIpc) is 3.43. The van der Waals surface area contributed by atoms with E-state index in [1.807, 2.05) is 56.3 Å². The number of aliphatic hydroxyl groups excluding tert-OH is 1. The SMILES string of the molecule is Cc1ccc(NC(=O)Oc2ccc(C)s2)c(OCC(O)CN2CCC(Oc3ccc(Cl)cc3)C2)c1. The molecular formula is C26H29ClN2O5S. The molecule has 35 heavy (non-hydrogen) atoms. The van der Waals surface area contributed by atoms with Crippen LogP contribution in [0.1, 0.15) is 16.9 Å². The Morgan fingerprint density at radius 2 is 2.00 bits per heavy atom. The molecule has 2 N–H and O–H groups in total. The van der Waals surface area contributed by atoms with Crippen LogP contribution in [0.2, 0.25) is 5.02 Å². The maximum Gasteiger partial charge on any atom is 0.418 e. The third-order valence-corrected chi connectivity index (χ3v) is 6.66. The summed E-state index contributed by atoms with van der Waals surface area (Å²) in [5.41, 5.74) is 1.46. The maximum absolute atomic E-state index is 12.3. The van der Waals surface area contributed by atoms with Crippen molar-refractivity contribution >= 4 is 34.7 Å². The summed E-state index contributed by atoms with van der Waals surface area (Å²) in [6, 6.07) is 16.4. The number of carbonyl (C=O) groups excluding carboxylic acids is 1. The Balaban J connectivity index is 1.26. The molecule has 0 bridgehead atoms. The molecule has 3 aromatic rings. The van der Waals surface area contributed by atoms with Crippen LogP contribution in [-0.4, -0.2) is 54.5 Å². The fourth-order valence-corrected chi connectivity index (χ4v) is 4.68. The lowest BCUT2D eigenvalue weighted by Gasteiger charge is -2.21. The van der Waals surface area contributed by atoms with Crippen LogP contribution in [-0.2, 0) is 0 Å². The van der Waals surface area contributed by atoms with Gasteiger partial charge in [-0.05, 0) is 74.4 Å².